The van der Waals surface area contributed by atoms with Crippen LogP contribution in [0, 0.1) is 3.57 Å². The van der Waals surface area contributed by atoms with Crippen LogP contribution < -0.4 is 16.0 Å². The first-order valence-corrected chi connectivity index (χ1v) is 9.32. The predicted molar refractivity (Wildman–Crippen MR) is 111 cm³/mol. The molecule has 0 spiro atoms. The summed E-state index contributed by atoms with van der Waals surface area (Å²) in [6.45, 7) is 4.08. The average molecular weight is 463 g/mol. The van der Waals surface area contributed by atoms with Gasteiger partial charge in [0.25, 0.3) is 5.56 Å². The summed E-state index contributed by atoms with van der Waals surface area (Å²) in [5.74, 6) is 0.804. The molecule has 0 amide bonds. The molecule has 0 saturated heterocycles. The lowest BCUT2D eigenvalue weighted by Gasteiger charge is -2.14. The molecule has 7 heteroatoms. The van der Waals surface area contributed by atoms with Crippen molar-refractivity contribution in [2.24, 2.45) is 5.10 Å². The zero-order valence-electron chi connectivity index (χ0n) is 14.4. The molecule has 0 fully saturated rings. The van der Waals surface area contributed by atoms with Crippen molar-refractivity contribution in [3.8, 4) is 5.75 Å². The van der Waals surface area contributed by atoms with Gasteiger partial charge in [-0.05, 0) is 71.8 Å². The van der Waals surface area contributed by atoms with Crippen molar-refractivity contribution in [1.29, 1.82) is 0 Å². The molecule has 1 atom stereocenters. The van der Waals surface area contributed by atoms with Gasteiger partial charge in [-0.15, -0.1) is 4.68 Å². The molecule has 3 aromatic rings. The van der Waals surface area contributed by atoms with Crippen LogP contribution in [0.4, 0.5) is 0 Å². The van der Waals surface area contributed by atoms with Gasteiger partial charge in [0.05, 0.1) is 26.8 Å². The van der Waals surface area contributed by atoms with Crippen LogP contribution in [0.5, 0.6) is 5.75 Å². The molecule has 1 heterocycles. The van der Waals surface area contributed by atoms with Crippen LogP contribution in [0.2, 0.25) is 0 Å². The molecule has 1 aromatic heterocycles. The fourth-order valence-corrected chi connectivity index (χ4v) is 3.04. The van der Waals surface area contributed by atoms with Crippen LogP contribution in [0.1, 0.15) is 25.8 Å². The maximum absolute atomic E-state index is 12.5. The molecule has 1 N–H and O–H groups in total. The molecule has 2 aromatic carbocycles. The summed E-state index contributed by atoms with van der Waals surface area (Å²) < 4.78 is 7.61. The van der Waals surface area contributed by atoms with Crippen LogP contribution in [-0.4, -0.2) is 22.0 Å². The van der Waals surface area contributed by atoms with E-state index in [0.717, 1.165) is 26.0 Å². The number of benzene rings is 2. The number of nitrogens with one attached hydrogen (secondary N) is 1. The second-order valence-corrected chi connectivity index (χ2v) is 7.03. The average Bonchev–Trinajstić information content (AvgIpc) is 2.63. The number of aromatic amines is 1. The Morgan fingerprint density at radius 1 is 1.27 bits per heavy atom. The highest BCUT2D eigenvalue weighted by atomic mass is 127. The van der Waals surface area contributed by atoms with Gasteiger partial charge in [-0.1, -0.05) is 19.1 Å². The molecule has 134 valence electrons. The second kappa shape index (κ2) is 7.86. The van der Waals surface area contributed by atoms with E-state index in [1.807, 2.05) is 25.1 Å². The summed E-state index contributed by atoms with van der Waals surface area (Å²) in [6, 6.07) is 12.4. The molecule has 0 aliphatic rings. The van der Waals surface area contributed by atoms with E-state index in [1.165, 1.54) is 6.21 Å². The molecule has 0 radical (unpaired) electrons. The third-order valence-electron chi connectivity index (χ3n) is 3.97. The summed E-state index contributed by atoms with van der Waals surface area (Å²) >= 11 is 2.19. The number of aromatic nitrogens is 2. The minimum absolute atomic E-state index is 0.137. The highest BCUT2D eigenvalue weighted by Gasteiger charge is 2.07. The van der Waals surface area contributed by atoms with Gasteiger partial charge in [0, 0.05) is 0 Å². The molecule has 0 aliphatic carbocycles. The maximum atomic E-state index is 12.5. The zero-order chi connectivity index (χ0) is 18.7. The largest absolute Gasteiger partial charge is 0.490 e. The number of ether oxygens (including phenoxy) is 1. The number of halogens is 1. The topological polar surface area (TPSA) is 76.5 Å². The van der Waals surface area contributed by atoms with Crippen molar-refractivity contribution >= 4 is 39.7 Å². The summed E-state index contributed by atoms with van der Waals surface area (Å²) in [4.78, 5) is 27.2. The molecule has 3 rings (SSSR count). The van der Waals surface area contributed by atoms with Gasteiger partial charge in [0.2, 0.25) is 0 Å². The number of H-pyrrole nitrogens is 1. The summed E-state index contributed by atoms with van der Waals surface area (Å²) in [5, 5.41) is 4.48. The number of nitrogens with zero attached hydrogens (tertiary/aromatic N) is 2. The standard InChI is InChI=1S/C19H18IN3O3/c1-3-12(2)26-17-9-8-13(10-15(17)20)11-21-23-18(24)14-6-4-5-7-16(14)22-19(23)25/h4-12H,3H2,1-2H3,(H,22,25)/t12-/m1/s1. The van der Waals surface area contributed by atoms with Gasteiger partial charge in [-0.2, -0.15) is 5.10 Å². The Balaban J connectivity index is 1.93. The van der Waals surface area contributed by atoms with Gasteiger partial charge in [-0.3, -0.25) is 4.79 Å². The van der Waals surface area contributed by atoms with Gasteiger partial charge in [-0.25, -0.2) is 4.79 Å². The molecule has 0 aliphatic heterocycles. The van der Waals surface area contributed by atoms with Crippen molar-refractivity contribution in [2.75, 3.05) is 0 Å². The van der Waals surface area contributed by atoms with E-state index < -0.39 is 11.2 Å². The van der Waals surface area contributed by atoms with Crippen LogP contribution >= 0.6 is 22.6 Å². The predicted octanol–water partition coefficient (Wildman–Crippen LogP) is 3.35. The lowest BCUT2D eigenvalue weighted by Crippen LogP contribution is -2.32. The minimum atomic E-state index is -0.573. The number of rotatable bonds is 5. The Hall–Kier alpha value is -2.42. The van der Waals surface area contributed by atoms with Gasteiger partial charge in [0.1, 0.15) is 5.75 Å². The maximum Gasteiger partial charge on any atom is 0.349 e. The Bertz CT molecular complexity index is 1090. The molecule has 0 bridgehead atoms. The van der Waals surface area contributed by atoms with E-state index >= 15 is 0 Å². The van der Waals surface area contributed by atoms with Crippen molar-refractivity contribution < 1.29 is 4.74 Å². The fraction of sp³-hybridized carbons (Fsp3) is 0.211. The highest BCUT2D eigenvalue weighted by molar-refractivity contribution is 14.1. The lowest BCUT2D eigenvalue weighted by molar-refractivity contribution is 0.216. The monoisotopic (exact) mass is 463 g/mol. The second-order valence-electron chi connectivity index (χ2n) is 5.86. The fourth-order valence-electron chi connectivity index (χ4n) is 2.38. The van der Waals surface area contributed by atoms with Gasteiger partial charge in [0.15, 0.2) is 0 Å². The SMILES string of the molecule is CC[C@@H](C)Oc1ccc(C=Nn2c(=O)[nH]c3ccccc3c2=O)cc1I. The molecular weight excluding hydrogens is 445 g/mol. The Kier molecular flexibility index (Phi) is 5.55. The van der Waals surface area contributed by atoms with E-state index in [4.69, 9.17) is 4.74 Å². The summed E-state index contributed by atoms with van der Waals surface area (Å²) in [5.41, 5.74) is 0.240. The zero-order valence-corrected chi connectivity index (χ0v) is 16.6. The van der Waals surface area contributed by atoms with Crippen LogP contribution in [-0.2, 0) is 0 Å². The van der Waals surface area contributed by atoms with Crippen molar-refractivity contribution in [2.45, 2.75) is 26.4 Å². The van der Waals surface area contributed by atoms with Crippen molar-refractivity contribution in [1.82, 2.24) is 9.66 Å². The van der Waals surface area contributed by atoms with Gasteiger partial charge < -0.3 is 9.72 Å². The minimum Gasteiger partial charge on any atom is -0.490 e. The number of hydrogen-bond acceptors (Lipinski definition) is 4. The molecule has 26 heavy (non-hydrogen) atoms. The smallest absolute Gasteiger partial charge is 0.349 e. The Morgan fingerprint density at radius 3 is 2.77 bits per heavy atom. The third kappa shape index (κ3) is 3.87. The normalized spacial score (nSPS) is 12.6. The Morgan fingerprint density at radius 2 is 2.04 bits per heavy atom. The van der Waals surface area contributed by atoms with Crippen LogP contribution in [0.15, 0.2) is 57.2 Å². The Labute approximate surface area is 163 Å². The van der Waals surface area contributed by atoms with Crippen LogP contribution in [0.3, 0.4) is 0 Å². The third-order valence-corrected chi connectivity index (χ3v) is 4.81. The number of fused-ring (bicyclic) bond motifs is 1. The van der Waals surface area contributed by atoms with E-state index in [9.17, 15) is 9.59 Å². The first kappa shape index (κ1) is 18.4. The van der Waals surface area contributed by atoms with Crippen molar-refractivity contribution in [3.63, 3.8) is 0 Å². The summed E-state index contributed by atoms with van der Waals surface area (Å²) in [6.07, 6.45) is 2.55. The molecule has 0 unspecified atom stereocenters. The van der Waals surface area contributed by atoms with Crippen molar-refractivity contribution in [3.05, 3.63) is 72.4 Å². The molecule has 6 nitrogen and oxygen atoms in total. The molecular formula is C19H18IN3O3. The quantitative estimate of drug-likeness (QED) is 0.466. The van der Waals surface area contributed by atoms with E-state index in [2.05, 4.69) is 39.6 Å². The number of hydrogen-bond donors (Lipinski definition) is 1. The first-order chi connectivity index (χ1) is 12.5. The summed E-state index contributed by atoms with van der Waals surface area (Å²) in [7, 11) is 0. The van der Waals surface area contributed by atoms with E-state index in [0.29, 0.717) is 10.9 Å². The molecule has 0 saturated carbocycles. The lowest BCUT2D eigenvalue weighted by atomic mass is 10.2. The van der Waals surface area contributed by atoms with E-state index in [-0.39, 0.29) is 6.10 Å². The van der Waals surface area contributed by atoms with Crippen LogP contribution in [0.25, 0.3) is 10.9 Å². The highest BCUT2D eigenvalue weighted by Crippen LogP contribution is 2.23. The first-order valence-electron chi connectivity index (χ1n) is 8.24. The van der Waals surface area contributed by atoms with E-state index in [1.54, 1.807) is 24.3 Å². The van der Waals surface area contributed by atoms with Gasteiger partial charge >= 0.3 is 5.69 Å². The number of para-hydroxylation sites is 1.